The van der Waals surface area contributed by atoms with Gasteiger partial charge in [0.2, 0.25) is 0 Å². The molecule has 0 amide bonds. The molecule has 0 unspecified atom stereocenters. The lowest BCUT2D eigenvalue weighted by Crippen LogP contribution is -2.29. The monoisotopic (exact) mass is 531 g/mol. The SMILES string of the molecule is Cn1c(CN2CC=C(c3ccc(F)c(SCc4ccc(C#N)cc4F)n3)CC2)nc2ccc(C(=O)O)cc21. The third-order valence-electron chi connectivity index (χ3n) is 6.57. The average molecular weight is 532 g/mol. The number of aromatic carboxylic acids is 1. The highest BCUT2D eigenvalue weighted by molar-refractivity contribution is 7.98. The van der Waals surface area contributed by atoms with Gasteiger partial charge >= 0.3 is 5.97 Å². The van der Waals surface area contributed by atoms with E-state index in [0.29, 0.717) is 24.3 Å². The summed E-state index contributed by atoms with van der Waals surface area (Å²) in [5.41, 5.74) is 4.08. The molecule has 0 fully saturated rings. The zero-order valence-corrected chi connectivity index (χ0v) is 21.3. The molecule has 1 aliphatic heterocycles. The van der Waals surface area contributed by atoms with Gasteiger partial charge in [-0.15, -0.1) is 0 Å². The van der Waals surface area contributed by atoms with Crippen LogP contribution >= 0.6 is 11.8 Å². The number of hydrogen-bond acceptors (Lipinski definition) is 6. The molecule has 0 aliphatic carbocycles. The third kappa shape index (κ3) is 5.30. The van der Waals surface area contributed by atoms with Gasteiger partial charge in [-0.05, 0) is 60.0 Å². The number of carboxylic acids is 1. The van der Waals surface area contributed by atoms with Crippen LogP contribution in [0.2, 0.25) is 0 Å². The van der Waals surface area contributed by atoms with Crippen LogP contribution < -0.4 is 0 Å². The van der Waals surface area contributed by atoms with E-state index in [9.17, 15) is 18.7 Å². The van der Waals surface area contributed by atoms with Crippen LogP contribution in [0.1, 0.15) is 39.4 Å². The van der Waals surface area contributed by atoms with Crippen LogP contribution in [0.3, 0.4) is 0 Å². The fraction of sp³-hybridized carbons (Fsp3) is 0.214. The fourth-order valence-electron chi connectivity index (χ4n) is 4.39. The second kappa shape index (κ2) is 10.7. The van der Waals surface area contributed by atoms with Gasteiger partial charge in [0.25, 0.3) is 0 Å². The van der Waals surface area contributed by atoms with Gasteiger partial charge in [0.05, 0.1) is 40.5 Å². The minimum absolute atomic E-state index is 0.198. The Morgan fingerprint density at radius 3 is 2.68 bits per heavy atom. The zero-order valence-electron chi connectivity index (χ0n) is 20.5. The van der Waals surface area contributed by atoms with Crippen molar-refractivity contribution in [2.45, 2.75) is 23.7 Å². The summed E-state index contributed by atoms with van der Waals surface area (Å²) in [6.07, 6.45) is 2.80. The number of aryl methyl sites for hydroxylation is 1. The van der Waals surface area contributed by atoms with E-state index in [-0.39, 0.29) is 21.9 Å². The van der Waals surface area contributed by atoms with Gasteiger partial charge < -0.3 is 9.67 Å². The molecule has 3 heterocycles. The standard InChI is InChI=1S/C28H23F2N5O2S/c1-34-25-13-19(28(36)37)4-6-24(25)32-26(34)15-35-10-8-18(9-11-35)23-7-5-21(29)27(33-23)38-16-20-3-2-17(14-31)12-22(20)30/h2-8,12-13H,9-11,15-16H2,1H3,(H,36,37). The molecule has 192 valence electrons. The summed E-state index contributed by atoms with van der Waals surface area (Å²) in [5, 5.41) is 18.4. The Morgan fingerprint density at radius 1 is 1.13 bits per heavy atom. The molecule has 38 heavy (non-hydrogen) atoms. The van der Waals surface area contributed by atoms with E-state index in [1.165, 1.54) is 18.2 Å². The highest BCUT2D eigenvalue weighted by atomic mass is 32.2. The Kier molecular flexibility index (Phi) is 7.22. The van der Waals surface area contributed by atoms with Crippen LogP contribution in [0.15, 0.2) is 59.6 Å². The lowest BCUT2D eigenvalue weighted by atomic mass is 10.0. The Morgan fingerprint density at radius 2 is 1.97 bits per heavy atom. The molecule has 2 aromatic carbocycles. The van der Waals surface area contributed by atoms with E-state index in [2.05, 4.69) is 20.9 Å². The van der Waals surface area contributed by atoms with Crippen molar-refractivity contribution in [1.82, 2.24) is 19.4 Å². The maximum atomic E-state index is 14.5. The molecule has 0 bridgehead atoms. The van der Waals surface area contributed by atoms with Gasteiger partial charge in [-0.3, -0.25) is 4.90 Å². The molecule has 0 spiro atoms. The summed E-state index contributed by atoms with van der Waals surface area (Å²) in [6.45, 7) is 2.02. The first-order valence-corrected chi connectivity index (χ1v) is 12.9. The lowest BCUT2D eigenvalue weighted by molar-refractivity contribution is 0.0697. The molecular formula is C28H23F2N5O2S. The number of thioether (sulfide) groups is 1. The van der Waals surface area contributed by atoms with Crippen molar-refractivity contribution in [3.63, 3.8) is 0 Å². The number of fused-ring (bicyclic) bond motifs is 1. The molecule has 4 aromatic rings. The van der Waals surface area contributed by atoms with Crippen molar-refractivity contribution in [2.24, 2.45) is 7.05 Å². The van der Waals surface area contributed by atoms with Gasteiger partial charge in [0.15, 0.2) is 5.82 Å². The van der Waals surface area contributed by atoms with Gasteiger partial charge in [0.1, 0.15) is 16.7 Å². The topological polar surface area (TPSA) is 95.0 Å². The number of hydrogen-bond donors (Lipinski definition) is 1. The van der Waals surface area contributed by atoms with E-state index in [0.717, 1.165) is 47.2 Å². The van der Waals surface area contributed by atoms with E-state index in [1.807, 2.05) is 17.7 Å². The van der Waals surface area contributed by atoms with Gasteiger partial charge in [-0.2, -0.15) is 5.26 Å². The second-order valence-corrected chi connectivity index (χ2v) is 9.96. The van der Waals surface area contributed by atoms with Crippen LogP contribution in [-0.2, 0) is 19.3 Å². The highest BCUT2D eigenvalue weighted by Crippen LogP contribution is 2.29. The first-order chi connectivity index (χ1) is 18.3. The summed E-state index contributed by atoms with van der Waals surface area (Å²) in [4.78, 5) is 22.7. The summed E-state index contributed by atoms with van der Waals surface area (Å²) in [6, 6.07) is 14.1. The number of halogens is 2. The number of carbonyl (C=O) groups is 1. The molecule has 0 saturated carbocycles. The summed E-state index contributed by atoms with van der Waals surface area (Å²) >= 11 is 1.12. The zero-order chi connectivity index (χ0) is 26.8. The first kappa shape index (κ1) is 25.6. The summed E-state index contributed by atoms with van der Waals surface area (Å²) < 4.78 is 30.6. The number of benzene rings is 2. The van der Waals surface area contributed by atoms with Crippen molar-refractivity contribution < 1.29 is 18.7 Å². The van der Waals surface area contributed by atoms with Gasteiger partial charge in [-0.1, -0.05) is 23.9 Å². The van der Waals surface area contributed by atoms with Crippen LogP contribution in [0.5, 0.6) is 0 Å². The van der Waals surface area contributed by atoms with Crippen molar-refractivity contribution in [2.75, 3.05) is 13.1 Å². The molecule has 1 aliphatic rings. The largest absolute Gasteiger partial charge is 0.478 e. The number of carboxylic acid groups (broad SMARTS) is 1. The van der Waals surface area contributed by atoms with Crippen LogP contribution in [0.4, 0.5) is 8.78 Å². The minimum Gasteiger partial charge on any atom is -0.478 e. The Hall–Kier alpha value is -4.07. The number of nitriles is 1. The highest BCUT2D eigenvalue weighted by Gasteiger charge is 2.19. The van der Waals surface area contributed by atoms with Gasteiger partial charge in [-0.25, -0.2) is 23.5 Å². The minimum atomic E-state index is -0.972. The molecule has 2 aromatic heterocycles. The van der Waals surface area contributed by atoms with Crippen molar-refractivity contribution >= 4 is 34.3 Å². The quantitative estimate of drug-likeness (QED) is 0.319. The number of pyridine rings is 1. The number of aromatic nitrogens is 3. The van der Waals surface area contributed by atoms with Gasteiger partial charge in [0, 0.05) is 25.9 Å². The van der Waals surface area contributed by atoms with E-state index in [1.54, 1.807) is 30.3 Å². The molecule has 7 nitrogen and oxygen atoms in total. The summed E-state index contributed by atoms with van der Waals surface area (Å²) in [5.74, 6) is -0.886. The lowest BCUT2D eigenvalue weighted by Gasteiger charge is -2.26. The van der Waals surface area contributed by atoms with E-state index >= 15 is 0 Å². The molecule has 10 heteroatoms. The Balaban J connectivity index is 1.26. The summed E-state index contributed by atoms with van der Waals surface area (Å²) in [7, 11) is 1.88. The molecule has 1 N–H and O–H groups in total. The van der Waals surface area contributed by atoms with Crippen molar-refractivity contribution in [3.05, 3.63) is 94.5 Å². The van der Waals surface area contributed by atoms with Crippen molar-refractivity contribution in [1.29, 1.82) is 5.26 Å². The Bertz CT molecular complexity index is 1630. The third-order valence-corrected chi connectivity index (χ3v) is 7.58. The van der Waals surface area contributed by atoms with E-state index in [4.69, 9.17) is 5.26 Å². The fourth-order valence-corrected chi connectivity index (χ4v) is 5.28. The smallest absolute Gasteiger partial charge is 0.335 e. The normalized spacial score (nSPS) is 13.9. The molecule has 0 radical (unpaired) electrons. The maximum absolute atomic E-state index is 14.5. The number of imidazole rings is 1. The number of nitrogens with zero attached hydrogens (tertiary/aromatic N) is 5. The average Bonchev–Trinajstić information content (AvgIpc) is 3.23. The predicted molar refractivity (Wildman–Crippen MR) is 140 cm³/mol. The van der Waals surface area contributed by atoms with E-state index < -0.39 is 17.6 Å². The Labute approximate surface area is 222 Å². The molecule has 0 atom stereocenters. The maximum Gasteiger partial charge on any atom is 0.335 e. The first-order valence-electron chi connectivity index (χ1n) is 11.9. The van der Waals surface area contributed by atoms with Crippen molar-refractivity contribution in [3.8, 4) is 6.07 Å². The predicted octanol–water partition coefficient (Wildman–Crippen LogP) is 5.40. The second-order valence-electron chi connectivity index (χ2n) is 9.00. The van der Waals surface area contributed by atoms with Crippen LogP contribution in [0.25, 0.3) is 16.6 Å². The molecular weight excluding hydrogens is 508 g/mol. The molecule has 5 rings (SSSR count). The van der Waals surface area contributed by atoms with Crippen LogP contribution in [0, 0.1) is 23.0 Å². The van der Waals surface area contributed by atoms with Crippen LogP contribution in [-0.4, -0.2) is 43.6 Å². The molecule has 0 saturated heterocycles. The number of rotatable bonds is 7.